The quantitative estimate of drug-likeness (QED) is 0.764. The molecule has 4 heteroatoms. The molecule has 1 saturated carbocycles. The third-order valence-electron chi connectivity index (χ3n) is 3.86. The van der Waals surface area contributed by atoms with Gasteiger partial charge in [0.15, 0.2) is 0 Å². The van der Waals surface area contributed by atoms with Crippen LogP contribution in [-0.2, 0) is 4.74 Å². The van der Waals surface area contributed by atoms with Crippen LogP contribution >= 0.6 is 0 Å². The van der Waals surface area contributed by atoms with E-state index in [2.05, 4.69) is 0 Å². The summed E-state index contributed by atoms with van der Waals surface area (Å²) in [5.41, 5.74) is -0.464. The van der Waals surface area contributed by atoms with Gasteiger partial charge in [-0.2, -0.15) is 0 Å². The number of ether oxygens (including phenoxy) is 1. The fourth-order valence-corrected chi connectivity index (χ4v) is 3.18. The first-order chi connectivity index (χ1) is 7.92. The van der Waals surface area contributed by atoms with Crippen molar-refractivity contribution in [3.63, 3.8) is 0 Å². The topological polar surface area (TPSA) is 49.8 Å². The summed E-state index contributed by atoms with van der Waals surface area (Å²) < 4.78 is 5.39. The van der Waals surface area contributed by atoms with Crippen LogP contribution in [0.4, 0.5) is 4.79 Å². The SMILES string of the molecule is CC(C)(C)OC(=O)N1C[C@@H]2CCC[C@@H]2[C@H]1CO. The first kappa shape index (κ1) is 12.7. The molecule has 0 radical (unpaired) electrons. The number of likely N-dealkylation sites (tertiary alicyclic amines) is 1. The molecule has 1 saturated heterocycles. The summed E-state index contributed by atoms with van der Waals surface area (Å²) in [6.07, 6.45) is 3.27. The van der Waals surface area contributed by atoms with Crippen LogP contribution in [0.2, 0.25) is 0 Å². The third kappa shape index (κ3) is 2.57. The summed E-state index contributed by atoms with van der Waals surface area (Å²) in [6, 6.07) is -0.0302. The highest BCUT2D eigenvalue weighted by Gasteiger charge is 2.46. The molecule has 0 aromatic rings. The minimum atomic E-state index is -0.464. The molecule has 98 valence electrons. The number of aliphatic hydroxyl groups is 1. The van der Waals surface area contributed by atoms with E-state index in [0.29, 0.717) is 11.8 Å². The lowest BCUT2D eigenvalue weighted by molar-refractivity contribution is 0.0140. The van der Waals surface area contributed by atoms with E-state index >= 15 is 0 Å². The number of nitrogens with zero attached hydrogens (tertiary/aromatic N) is 1. The van der Waals surface area contributed by atoms with E-state index in [1.165, 1.54) is 12.8 Å². The van der Waals surface area contributed by atoms with Gasteiger partial charge in [0, 0.05) is 6.54 Å². The number of hydrogen-bond donors (Lipinski definition) is 1. The molecule has 3 atom stereocenters. The van der Waals surface area contributed by atoms with Gasteiger partial charge in [-0.05, 0) is 45.4 Å². The molecule has 0 unspecified atom stereocenters. The van der Waals surface area contributed by atoms with Crippen molar-refractivity contribution >= 4 is 6.09 Å². The van der Waals surface area contributed by atoms with E-state index < -0.39 is 5.60 Å². The van der Waals surface area contributed by atoms with Crippen molar-refractivity contribution in [2.75, 3.05) is 13.2 Å². The van der Waals surface area contributed by atoms with Crippen LogP contribution in [0.5, 0.6) is 0 Å². The van der Waals surface area contributed by atoms with Gasteiger partial charge in [-0.1, -0.05) is 6.42 Å². The maximum atomic E-state index is 12.1. The molecule has 2 aliphatic rings. The first-order valence-electron chi connectivity index (χ1n) is 6.53. The Balaban J connectivity index is 2.03. The fourth-order valence-electron chi connectivity index (χ4n) is 3.18. The zero-order valence-corrected chi connectivity index (χ0v) is 11.0. The lowest BCUT2D eigenvalue weighted by Crippen LogP contribution is -2.43. The summed E-state index contributed by atoms with van der Waals surface area (Å²) in [5.74, 6) is 1.05. The molecular weight excluding hydrogens is 218 g/mol. The maximum absolute atomic E-state index is 12.1. The highest BCUT2D eigenvalue weighted by Crippen LogP contribution is 2.42. The van der Waals surface area contributed by atoms with Crippen LogP contribution in [0.3, 0.4) is 0 Å². The smallest absolute Gasteiger partial charge is 0.410 e. The van der Waals surface area contributed by atoms with E-state index in [1.807, 2.05) is 20.8 Å². The number of hydrogen-bond acceptors (Lipinski definition) is 3. The van der Waals surface area contributed by atoms with Gasteiger partial charge in [0.2, 0.25) is 0 Å². The average Bonchev–Trinajstić information content (AvgIpc) is 2.72. The monoisotopic (exact) mass is 241 g/mol. The molecule has 1 aliphatic carbocycles. The third-order valence-corrected chi connectivity index (χ3v) is 3.86. The van der Waals surface area contributed by atoms with E-state index in [4.69, 9.17) is 4.74 Å². The van der Waals surface area contributed by atoms with Crippen molar-refractivity contribution in [3.05, 3.63) is 0 Å². The summed E-state index contributed by atoms with van der Waals surface area (Å²) in [5, 5.41) is 9.48. The predicted molar refractivity (Wildman–Crippen MR) is 64.6 cm³/mol. The largest absolute Gasteiger partial charge is 0.444 e. The van der Waals surface area contributed by atoms with E-state index in [1.54, 1.807) is 4.90 Å². The molecule has 0 bridgehead atoms. The molecular formula is C13H23NO3. The standard InChI is InChI=1S/C13H23NO3/c1-13(2,3)17-12(16)14-7-9-5-4-6-10(9)11(14)8-15/h9-11,15H,4-8H2,1-3H3/t9-,10-,11+/m0/s1. The molecule has 1 N–H and O–H groups in total. The molecule has 0 aromatic heterocycles. The van der Waals surface area contributed by atoms with Gasteiger partial charge >= 0.3 is 6.09 Å². The van der Waals surface area contributed by atoms with Crippen LogP contribution in [0.15, 0.2) is 0 Å². The normalized spacial score (nSPS) is 32.7. The highest BCUT2D eigenvalue weighted by atomic mass is 16.6. The van der Waals surface area contributed by atoms with Crippen molar-refractivity contribution in [2.45, 2.75) is 51.7 Å². The van der Waals surface area contributed by atoms with Crippen LogP contribution in [0.1, 0.15) is 40.0 Å². The minimum Gasteiger partial charge on any atom is -0.444 e. The van der Waals surface area contributed by atoms with Crippen LogP contribution in [-0.4, -0.2) is 40.9 Å². The Labute approximate surface area is 103 Å². The number of rotatable bonds is 1. The second-order valence-corrected chi connectivity index (χ2v) is 6.24. The Morgan fingerprint density at radius 2 is 2.12 bits per heavy atom. The number of fused-ring (bicyclic) bond motifs is 1. The van der Waals surface area contributed by atoms with Crippen molar-refractivity contribution < 1.29 is 14.6 Å². The van der Waals surface area contributed by atoms with Crippen molar-refractivity contribution in [1.29, 1.82) is 0 Å². The molecule has 2 rings (SSSR count). The lowest BCUT2D eigenvalue weighted by Gasteiger charge is -2.29. The van der Waals surface area contributed by atoms with Crippen LogP contribution in [0, 0.1) is 11.8 Å². The van der Waals surface area contributed by atoms with E-state index in [0.717, 1.165) is 13.0 Å². The number of carbonyl (C=O) groups is 1. The molecule has 1 amide bonds. The highest BCUT2D eigenvalue weighted by molar-refractivity contribution is 5.69. The minimum absolute atomic E-state index is 0.0302. The fraction of sp³-hybridized carbons (Fsp3) is 0.923. The summed E-state index contributed by atoms with van der Waals surface area (Å²) in [4.78, 5) is 13.8. The zero-order valence-electron chi connectivity index (χ0n) is 11.0. The summed E-state index contributed by atoms with van der Waals surface area (Å²) in [7, 11) is 0. The van der Waals surface area contributed by atoms with E-state index in [-0.39, 0.29) is 18.7 Å². The summed E-state index contributed by atoms with van der Waals surface area (Å²) in [6.45, 7) is 6.42. The second-order valence-electron chi connectivity index (χ2n) is 6.24. The van der Waals surface area contributed by atoms with Gasteiger partial charge in [-0.15, -0.1) is 0 Å². The van der Waals surface area contributed by atoms with Gasteiger partial charge in [-0.25, -0.2) is 4.79 Å². The summed E-state index contributed by atoms with van der Waals surface area (Å²) >= 11 is 0. The van der Waals surface area contributed by atoms with Gasteiger partial charge in [0.1, 0.15) is 5.60 Å². The number of carbonyl (C=O) groups excluding carboxylic acids is 1. The molecule has 1 heterocycles. The molecule has 17 heavy (non-hydrogen) atoms. The molecule has 0 spiro atoms. The van der Waals surface area contributed by atoms with Crippen LogP contribution < -0.4 is 0 Å². The van der Waals surface area contributed by atoms with Gasteiger partial charge in [-0.3, -0.25) is 0 Å². The van der Waals surface area contributed by atoms with Gasteiger partial charge in [0.25, 0.3) is 0 Å². The van der Waals surface area contributed by atoms with Crippen molar-refractivity contribution in [3.8, 4) is 0 Å². The van der Waals surface area contributed by atoms with Gasteiger partial charge in [0.05, 0.1) is 12.6 Å². The Hall–Kier alpha value is -0.770. The molecule has 0 aromatic carbocycles. The molecule has 4 nitrogen and oxygen atoms in total. The maximum Gasteiger partial charge on any atom is 0.410 e. The number of aliphatic hydroxyl groups excluding tert-OH is 1. The first-order valence-corrected chi connectivity index (χ1v) is 6.53. The molecule has 1 aliphatic heterocycles. The van der Waals surface area contributed by atoms with Gasteiger partial charge < -0.3 is 14.7 Å². The Morgan fingerprint density at radius 1 is 1.41 bits per heavy atom. The predicted octanol–water partition coefficient (Wildman–Crippen LogP) is 2.01. The van der Waals surface area contributed by atoms with E-state index in [9.17, 15) is 9.90 Å². The van der Waals surface area contributed by atoms with Crippen molar-refractivity contribution in [2.24, 2.45) is 11.8 Å². The average molecular weight is 241 g/mol. The lowest BCUT2D eigenvalue weighted by atomic mass is 9.94. The van der Waals surface area contributed by atoms with Crippen LogP contribution in [0.25, 0.3) is 0 Å². The number of amides is 1. The molecule has 2 fully saturated rings. The van der Waals surface area contributed by atoms with Crippen molar-refractivity contribution in [1.82, 2.24) is 4.90 Å². The Kier molecular flexibility index (Phi) is 3.34. The Bertz CT molecular complexity index is 298. The Morgan fingerprint density at radius 3 is 2.71 bits per heavy atom. The second kappa shape index (κ2) is 4.48. The zero-order chi connectivity index (χ0) is 12.6.